The van der Waals surface area contributed by atoms with Crippen LogP contribution in [-0.2, 0) is 11.2 Å². The average Bonchev–Trinajstić information content (AvgIpc) is 2.69. The number of methoxy groups -OCH3 is 1. The van der Waals surface area contributed by atoms with E-state index in [9.17, 15) is 9.90 Å². The lowest BCUT2D eigenvalue weighted by atomic mass is 9.99. The molecule has 146 valence electrons. The van der Waals surface area contributed by atoms with Crippen LogP contribution in [0.4, 0.5) is 0 Å². The van der Waals surface area contributed by atoms with Crippen molar-refractivity contribution in [3.05, 3.63) is 65.2 Å². The lowest BCUT2D eigenvalue weighted by molar-refractivity contribution is 0.0600. The first-order valence-corrected chi connectivity index (χ1v) is 9.20. The van der Waals surface area contributed by atoms with E-state index in [0.29, 0.717) is 24.8 Å². The summed E-state index contributed by atoms with van der Waals surface area (Å²) in [6, 6.07) is 15.2. The Morgan fingerprint density at radius 3 is 2.41 bits per heavy atom. The van der Waals surface area contributed by atoms with E-state index in [-0.39, 0.29) is 31.2 Å². The van der Waals surface area contributed by atoms with E-state index < -0.39 is 0 Å². The van der Waals surface area contributed by atoms with E-state index in [1.165, 1.54) is 7.11 Å². The number of ether oxygens (including phenoxy) is 2. The lowest BCUT2D eigenvalue weighted by Crippen LogP contribution is -2.20. The summed E-state index contributed by atoms with van der Waals surface area (Å²) in [5.41, 5.74) is 2.65. The zero-order valence-electron chi connectivity index (χ0n) is 15.9. The molecule has 2 N–H and O–H groups in total. The molecule has 0 aliphatic carbocycles. The van der Waals surface area contributed by atoms with Gasteiger partial charge in [-0.2, -0.15) is 0 Å². The predicted octanol–water partition coefficient (Wildman–Crippen LogP) is 3.21. The highest BCUT2D eigenvalue weighted by atomic mass is 16.5. The van der Waals surface area contributed by atoms with Gasteiger partial charge in [0.2, 0.25) is 0 Å². The minimum absolute atomic E-state index is 0.0306. The molecular formula is C22H28O5. The Morgan fingerprint density at radius 1 is 1.07 bits per heavy atom. The Hall–Kier alpha value is -2.37. The number of para-hydroxylation sites is 1. The van der Waals surface area contributed by atoms with Gasteiger partial charge < -0.3 is 19.7 Å². The Balaban J connectivity index is 2.05. The minimum Gasteiger partial charge on any atom is -0.490 e. The molecule has 0 aliphatic rings. The first-order valence-electron chi connectivity index (χ1n) is 9.20. The summed E-state index contributed by atoms with van der Waals surface area (Å²) < 4.78 is 10.8. The summed E-state index contributed by atoms with van der Waals surface area (Å²) in [6.07, 6.45) is 1.86. The van der Waals surface area contributed by atoms with Crippen LogP contribution in [0.3, 0.4) is 0 Å². The van der Waals surface area contributed by atoms with Gasteiger partial charge in [0.05, 0.1) is 18.8 Å². The number of carbonyl (C=O) groups excluding carboxylic acids is 1. The minimum atomic E-state index is -0.347. The molecule has 2 aromatic carbocycles. The zero-order chi connectivity index (χ0) is 19.6. The van der Waals surface area contributed by atoms with Crippen molar-refractivity contribution in [2.45, 2.75) is 32.3 Å². The van der Waals surface area contributed by atoms with Crippen LogP contribution in [0.15, 0.2) is 48.5 Å². The van der Waals surface area contributed by atoms with E-state index in [1.54, 1.807) is 12.1 Å². The van der Waals surface area contributed by atoms with Crippen molar-refractivity contribution in [3.63, 3.8) is 0 Å². The summed E-state index contributed by atoms with van der Waals surface area (Å²) in [7, 11) is 1.37. The molecule has 2 aromatic rings. The van der Waals surface area contributed by atoms with Crippen LogP contribution in [0, 0.1) is 5.92 Å². The number of esters is 1. The van der Waals surface area contributed by atoms with E-state index in [4.69, 9.17) is 14.6 Å². The molecule has 27 heavy (non-hydrogen) atoms. The molecule has 2 rings (SSSR count). The Labute approximate surface area is 160 Å². The van der Waals surface area contributed by atoms with Crippen LogP contribution in [0.25, 0.3) is 0 Å². The number of aliphatic hydroxyl groups is 2. The smallest absolute Gasteiger partial charge is 0.337 e. The van der Waals surface area contributed by atoms with Gasteiger partial charge in [-0.25, -0.2) is 4.79 Å². The third-order valence-corrected chi connectivity index (χ3v) is 4.53. The Kier molecular flexibility index (Phi) is 8.30. The maximum absolute atomic E-state index is 11.5. The van der Waals surface area contributed by atoms with Gasteiger partial charge in [0, 0.05) is 19.6 Å². The summed E-state index contributed by atoms with van der Waals surface area (Å²) in [4.78, 5) is 11.5. The van der Waals surface area contributed by atoms with Crippen molar-refractivity contribution in [3.8, 4) is 5.75 Å². The summed E-state index contributed by atoms with van der Waals surface area (Å²) in [5, 5.41) is 18.5. The fraction of sp³-hybridized carbons (Fsp3) is 0.409. The van der Waals surface area contributed by atoms with Gasteiger partial charge in [-0.3, -0.25) is 0 Å². The van der Waals surface area contributed by atoms with Gasteiger partial charge in [-0.15, -0.1) is 0 Å². The molecule has 0 fully saturated rings. The molecule has 0 saturated heterocycles. The zero-order valence-corrected chi connectivity index (χ0v) is 15.9. The Bertz CT molecular complexity index is 711. The number of hydrogen-bond donors (Lipinski definition) is 2. The molecule has 5 heteroatoms. The second-order valence-corrected chi connectivity index (χ2v) is 6.70. The van der Waals surface area contributed by atoms with Crippen LogP contribution in [-0.4, -0.2) is 42.6 Å². The van der Waals surface area contributed by atoms with Gasteiger partial charge >= 0.3 is 5.97 Å². The van der Waals surface area contributed by atoms with Crippen molar-refractivity contribution >= 4 is 5.97 Å². The van der Waals surface area contributed by atoms with Gasteiger partial charge in [0.15, 0.2) is 0 Å². The van der Waals surface area contributed by atoms with Gasteiger partial charge in [-0.05, 0) is 55.0 Å². The highest BCUT2D eigenvalue weighted by Gasteiger charge is 2.15. The molecule has 0 radical (unpaired) electrons. The largest absolute Gasteiger partial charge is 0.490 e. The van der Waals surface area contributed by atoms with E-state index in [0.717, 1.165) is 16.9 Å². The Morgan fingerprint density at radius 2 is 1.78 bits per heavy atom. The normalized spacial score (nSPS) is 13.0. The molecule has 5 nitrogen and oxygen atoms in total. The molecule has 0 heterocycles. The maximum atomic E-state index is 11.5. The quantitative estimate of drug-likeness (QED) is 0.627. The van der Waals surface area contributed by atoms with Crippen molar-refractivity contribution in [2.75, 3.05) is 20.3 Å². The highest BCUT2D eigenvalue weighted by molar-refractivity contribution is 5.89. The third-order valence-electron chi connectivity index (χ3n) is 4.53. The molecule has 1 unspecified atom stereocenters. The first kappa shape index (κ1) is 20.9. The number of carbonyl (C=O) groups is 1. The molecule has 0 saturated carbocycles. The topological polar surface area (TPSA) is 76.0 Å². The van der Waals surface area contributed by atoms with Crippen LogP contribution < -0.4 is 4.74 Å². The number of hydrogen-bond acceptors (Lipinski definition) is 5. The number of aliphatic hydroxyl groups excluding tert-OH is 2. The number of rotatable bonds is 10. The van der Waals surface area contributed by atoms with Crippen LogP contribution >= 0.6 is 0 Å². The average molecular weight is 372 g/mol. The fourth-order valence-electron chi connectivity index (χ4n) is 3.06. The lowest BCUT2D eigenvalue weighted by Gasteiger charge is -2.21. The van der Waals surface area contributed by atoms with Gasteiger partial charge in [0.25, 0.3) is 0 Å². The standard InChI is InChI=1S/C22H28O5/c1-16(13-18(15-24)11-12-23)27-21-6-4-3-5-20(21)14-17-7-9-19(10-8-17)22(25)26-2/h3-10,16,18,23-24H,11-15H2,1-2H3/t16-,18?/m0/s1. The van der Waals surface area contributed by atoms with Crippen LogP contribution in [0.1, 0.15) is 41.3 Å². The van der Waals surface area contributed by atoms with Crippen molar-refractivity contribution < 1.29 is 24.5 Å². The van der Waals surface area contributed by atoms with Crippen LogP contribution in [0.2, 0.25) is 0 Å². The van der Waals surface area contributed by atoms with E-state index in [1.807, 2.05) is 43.3 Å². The molecule has 0 amide bonds. The first-order chi connectivity index (χ1) is 13.1. The SMILES string of the molecule is COC(=O)c1ccc(Cc2ccccc2O[C@@H](C)CC(CO)CCO)cc1. The molecular weight excluding hydrogens is 344 g/mol. The van der Waals surface area contributed by atoms with Crippen LogP contribution in [0.5, 0.6) is 5.75 Å². The van der Waals surface area contributed by atoms with Gasteiger partial charge in [-0.1, -0.05) is 30.3 Å². The summed E-state index contributed by atoms with van der Waals surface area (Å²) >= 11 is 0. The molecule has 0 aromatic heterocycles. The maximum Gasteiger partial charge on any atom is 0.337 e. The second kappa shape index (κ2) is 10.7. The predicted molar refractivity (Wildman–Crippen MR) is 104 cm³/mol. The van der Waals surface area contributed by atoms with Gasteiger partial charge in [0.1, 0.15) is 5.75 Å². The third kappa shape index (κ3) is 6.38. The monoisotopic (exact) mass is 372 g/mol. The second-order valence-electron chi connectivity index (χ2n) is 6.70. The molecule has 0 spiro atoms. The highest BCUT2D eigenvalue weighted by Crippen LogP contribution is 2.24. The summed E-state index contributed by atoms with van der Waals surface area (Å²) in [6.45, 7) is 2.08. The number of benzene rings is 2. The van der Waals surface area contributed by atoms with Crippen molar-refractivity contribution in [1.82, 2.24) is 0 Å². The molecule has 0 bridgehead atoms. The summed E-state index contributed by atoms with van der Waals surface area (Å²) in [5.74, 6) is 0.492. The molecule has 2 atom stereocenters. The van der Waals surface area contributed by atoms with Crippen molar-refractivity contribution in [2.24, 2.45) is 5.92 Å². The van der Waals surface area contributed by atoms with E-state index in [2.05, 4.69) is 0 Å². The van der Waals surface area contributed by atoms with E-state index >= 15 is 0 Å². The molecule has 0 aliphatic heterocycles. The van der Waals surface area contributed by atoms with Crippen molar-refractivity contribution in [1.29, 1.82) is 0 Å². The fourth-order valence-corrected chi connectivity index (χ4v) is 3.06.